The summed E-state index contributed by atoms with van der Waals surface area (Å²) in [5, 5.41) is 8.87. The molecule has 2 aromatic heterocycles. The van der Waals surface area contributed by atoms with Crippen molar-refractivity contribution in [1.82, 2.24) is 14.8 Å². The third kappa shape index (κ3) is 2.79. The van der Waals surface area contributed by atoms with Gasteiger partial charge in [-0.15, -0.1) is 0 Å². The molecule has 4 aromatic rings. The summed E-state index contributed by atoms with van der Waals surface area (Å²) in [6.45, 7) is 0.696. The van der Waals surface area contributed by atoms with E-state index >= 15 is 0 Å². The number of pyridine rings is 1. The summed E-state index contributed by atoms with van der Waals surface area (Å²) in [5.41, 5.74) is 3.25. The van der Waals surface area contributed by atoms with Gasteiger partial charge in [0.2, 0.25) is 0 Å². The highest BCUT2D eigenvalue weighted by molar-refractivity contribution is 5.80. The van der Waals surface area contributed by atoms with E-state index in [1.54, 1.807) is 6.20 Å². The zero-order valence-electron chi connectivity index (χ0n) is 12.6. The number of fused-ring (bicyclic) bond motifs is 1. The van der Waals surface area contributed by atoms with Gasteiger partial charge < -0.3 is 5.32 Å². The average Bonchev–Trinajstić information content (AvgIpc) is 3.14. The summed E-state index contributed by atoms with van der Waals surface area (Å²) < 4.78 is 1.88. The topological polar surface area (TPSA) is 42.7 Å². The molecule has 0 atom stereocenters. The Kier molecular flexibility index (Phi) is 3.48. The molecule has 0 aliphatic carbocycles. The van der Waals surface area contributed by atoms with Crippen LogP contribution in [0.5, 0.6) is 0 Å². The number of rotatable bonds is 4. The fraction of sp³-hybridized carbons (Fsp3) is 0.0526. The van der Waals surface area contributed by atoms with Gasteiger partial charge in [0.1, 0.15) is 5.82 Å². The van der Waals surface area contributed by atoms with Crippen LogP contribution in [0.1, 0.15) is 5.56 Å². The summed E-state index contributed by atoms with van der Waals surface area (Å²) in [6, 6.07) is 22.4. The number of nitrogens with one attached hydrogen (secondary N) is 1. The molecule has 0 spiro atoms. The molecule has 0 aliphatic rings. The fourth-order valence-electron chi connectivity index (χ4n) is 2.65. The predicted octanol–water partition coefficient (Wildman–Crippen LogP) is 4.03. The average molecular weight is 300 g/mol. The second-order valence-corrected chi connectivity index (χ2v) is 5.32. The molecule has 2 aromatic carbocycles. The van der Waals surface area contributed by atoms with Crippen molar-refractivity contribution < 1.29 is 0 Å². The Morgan fingerprint density at radius 3 is 2.65 bits per heavy atom. The standard InChI is InChI=1S/C19H16N4/c1-3-8-17-15(6-1)10-11-19(22-17)20-14-16-7-2-4-9-18(16)23-13-5-12-21-23/h1-13H,14H2,(H,20,22). The summed E-state index contributed by atoms with van der Waals surface area (Å²) in [4.78, 5) is 4.65. The molecule has 0 unspecified atom stereocenters. The van der Waals surface area contributed by atoms with Gasteiger partial charge in [-0.2, -0.15) is 5.10 Å². The van der Waals surface area contributed by atoms with Crippen LogP contribution in [0.2, 0.25) is 0 Å². The molecule has 0 amide bonds. The van der Waals surface area contributed by atoms with Crippen LogP contribution < -0.4 is 5.32 Å². The van der Waals surface area contributed by atoms with Crippen LogP contribution in [0.25, 0.3) is 16.6 Å². The van der Waals surface area contributed by atoms with Crippen molar-refractivity contribution in [1.29, 1.82) is 0 Å². The van der Waals surface area contributed by atoms with Crippen LogP contribution in [-0.4, -0.2) is 14.8 Å². The van der Waals surface area contributed by atoms with E-state index in [1.165, 1.54) is 5.56 Å². The Labute approximate surface area is 134 Å². The minimum absolute atomic E-state index is 0.696. The smallest absolute Gasteiger partial charge is 0.126 e. The lowest BCUT2D eigenvalue weighted by Crippen LogP contribution is -2.06. The Bertz CT molecular complexity index is 929. The van der Waals surface area contributed by atoms with Crippen molar-refractivity contribution in [2.75, 3.05) is 5.32 Å². The molecule has 1 N–H and O–H groups in total. The highest BCUT2D eigenvalue weighted by atomic mass is 15.3. The zero-order chi connectivity index (χ0) is 15.5. The first-order chi connectivity index (χ1) is 11.4. The number of aromatic nitrogens is 3. The van der Waals surface area contributed by atoms with E-state index in [9.17, 15) is 0 Å². The van der Waals surface area contributed by atoms with E-state index in [1.807, 2.05) is 53.3 Å². The fourth-order valence-corrected chi connectivity index (χ4v) is 2.65. The van der Waals surface area contributed by atoms with Gasteiger partial charge in [0.25, 0.3) is 0 Å². The predicted molar refractivity (Wildman–Crippen MR) is 92.6 cm³/mol. The number of anilines is 1. The number of para-hydroxylation sites is 2. The minimum Gasteiger partial charge on any atom is -0.366 e. The van der Waals surface area contributed by atoms with Gasteiger partial charge in [-0.05, 0) is 35.9 Å². The molecule has 4 rings (SSSR count). The van der Waals surface area contributed by atoms with E-state index in [0.717, 1.165) is 22.4 Å². The molecule has 0 saturated carbocycles. The number of hydrogen-bond donors (Lipinski definition) is 1. The normalized spacial score (nSPS) is 10.8. The van der Waals surface area contributed by atoms with Crippen LogP contribution in [0.3, 0.4) is 0 Å². The van der Waals surface area contributed by atoms with Crippen LogP contribution in [0, 0.1) is 0 Å². The highest BCUT2D eigenvalue weighted by Gasteiger charge is 2.04. The van der Waals surface area contributed by atoms with E-state index in [-0.39, 0.29) is 0 Å². The van der Waals surface area contributed by atoms with Crippen LogP contribution >= 0.6 is 0 Å². The van der Waals surface area contributed by atoms with Gasteiger partial charge in [0.05, 0.1) is 11.2 Å². The van der Waals surface area contributed by atoms with Gasteiger partial charge in [-0.1, -0.05) is 36.4 Å². The molecule has 0 aliphatic heterocycles. The molecule has 0 saturated heterocycles. The van der Waals surface area contributed by atoms with Crippen LogP contribution in [0.15, 0.2) is 79.1 Å². The summed E-state index contributed by atoms with van der Waals surface area (Å²) in [6.07, 6.45) is 3.74. The van der Waals surface area contributed by atoms with E-state index in [4.69, 9.17) is 0 Å². The second-order valence-electron chi connectivity index (χ2n) is 5.32. The van der Waals surface area contributed by atoms with Gasteiger partial charge >= 0.3 is 0 Å². The number of benzene rings is 2. The van der Waals surface area contributed by atoms with Gasteiger partial charge in [0, 0.05) is 24.3 Å². The zero-order valence-corrected chi connectivity index (χ0v) is 12.6. The quantitative estimate of drug-likeness (QED) is 0.618. The lowest BCUT2D eigenvalue weighted by molar-refractivity contribution is 0.863. The lowest BCUT2D eigenvalue weighted by Gasteiger charge is -2.11. The van der Waals surface area contributed by atoms with Gasteiger partial charge in [0.15, 0.2) is 0 Å². The third-order valence-electron chi connectivity index (χ3n) is 3.80. The first-order valence-electron chi connectivity index (χ1n) is 7.58. The maximum Gasteiger partial charge on any atom is 0.126 e. The van der Waals surface area contributed by atoms with E-state index < -0.39 is 0 Å². The molecule has 4 heteroatoms. The van der Waals surface area contributed by atoms with Crippen molar-refractivity contribution in [3.05, 3.63) is 84.7 Å². The largest absolute Gasteiger partial charge is 0.366 e. The van der Waals surface area contributed by atoms with Gasteiger partial charge in [-0.25, -0.2) is 9.67 Å². The maximum atomic E-state index is 4.65. The van der Waals surface area contributed by atoms with Gasteiger partial charge in [-0.3, -0.25) is 0 Å². The molecule has 0 fully saturated rings. The first kappa shape index (κ1) is 13.5. The summed E-state index contributed by atoms with van der Waals surface area (Å²) in [5.74, 6) is 0.874. The van der Waals surface area contributed by atoms with Crippen molar-refractivity contribution >= 4 is 16.7 Å². The van der Waals surface area contributed by atoms with Crippen molar-refractivity contribution in [3.8, 4) is 5.69 Å². The molecule has 2 heterocycles. The molecule has 0 radical (unpaired) electrons. The van der Waals surface area contributed by atoms with E-state index in [0.29, 0.717) is 6.54 Å². The molecule has 112 valence electrons. The Morgan fingerprint density at radius 1 is 0.870 bits per heavy atom. The third-order valence-corrected chi connectivity index (χ3v) is 3.80. The second kappa shape index (κ2) is 5.93. The minimum atomic E-state index is 0.696. The SMILES string of the molecule is c1ccc(-n2cccn2)c(CNc2ccc3ccccc3n2)c1. The monoisotopic (exact) mass is 300 g/mol. The van der Waals surface area contributed by atoms with Crippen molar-refractivity contribution in [2.24, 2.45) is 0 Å². The van der Waals surface area contributed by atoms with Crippen molar-refractivity contribution in [3.63, 3.8) is 0 Å². The Hall–Kier alpha value is -3.14. The maximum absolute atomic E-state index is 4.65. The van der Waals surface area contributed by atoms with Crippen molar-refractivity contribution in [2.45, 2.75) is 6.54 Å². The molecule has 4 nitrogen and oxygen atoms in total. The number of hydrogen-bond acceptors (Lipinski definition) is 3. The first-order valence-corrected chi connectivity index (χ1v) is 7.58. The Balaban J connectivity index is 1.59. The Morgan fingerprint density at radius 2 is 1.74 bits per heavy atom. The van der Waals surface area contributed by atoms with E-state index in [2.05, 4.69) is 39.7 Å². The summed E-state index contributed by atoms with van der Waals surface area (Å²) >= 11 is 0. The highest BCUT2D eigenvalue weighted by Crippen LogP contribution is 2.17. The summed E-state index contributed by atoms with van der Waals surface area (Å²) in [7, 11) is 0. The van der Waals surface area contributed by atoms with Crippen LogP contribution in [0.4, 0.5) is 5.82 Å². The molecular formula is C19H16N4. The molecular weight excluding hydrogens is 284 g/mol. The molecule has 0 bridgehead atoms. The molecule has 23 heavy (non-hydrogen) atoms. The lowest BCUT2D eigenvalue weighted by atomic mass is 10.1. The number of nitrogens with zero attached hydrogens (tertiary/aromatic N) is 3. The van der Waals surface area contributed by atoms with Crippen LogP contribution in [-0.2, 0) is 6.54 Å².